The number of methoxy groups -OCH3 is 1. The summed E-state index contributed by atoms with van der Waals surface area (Å²) in [5.41, 5.74) is 7.28. The topological polar surface area (TPSA) is 73.6 Å². The second-order valence-electron chi connectivity index (χ2n) is 3.89. The third-order valence-electron chi connectivity index (χ3n) is 2.37. The van der Waals surface area contributed by atoms with Crippen LogP contribution in [0.5, 0.6) is 0 Å². The maximum absolute atomic E-state index is 11.5. The third-order valence-corrected chi connectivity index (χ3v) is 2.60. The number of hydrogen-bond acceptors (Lipinski definition) is 4. The molecule has 5 nitrogen and oxygen atoms in total. The molecule has 6 heteroatoms. The van der Waals surface area contributed by atoms with Crippen molar-refractivity contribution < 1.29 is 14.3 Å². The molecule has 0 fully saturated rings. The first-order valence-electron chi connectivity index (χ1n) is 5.85. The average molecular weight is 282 g/mol. The zero-order chi connectivity index (χ0) is 14.1. The van der Waals surface area contributed by atoms with E-state index in [1.807, 2.05) is 24.3 Å². The molecule has 0 atom stereocenters. The molecule has 19 heavy (non-hydrogen) atoms. The highest BCUT2D eigenvalue weighted by Crippen LogP contribution is 2.04. The minimum atomic E-state index is -0.170. The van der Waals surface area contributed by atoms with Crippen LogP contribution < -0.4 is 11.1 Å². The van der Waals surface area contributed by atoms with Crippen molar-refractivity contribution in [2.24, 2.45) is 5.73 Å². The summed E-state index contributed by atoms with van der Waals surface area (Å²) in [5.74, 6) is -0.170. The lowest BCUT2D eigenvalue weighted by atomic mass is 10.1. The molecule has 1 aromatic rings. The lowest BCUT2D eigenvalue weighted by molar-refractivity contribution is -0.126. The fourth-order valence-corrected chi connectivity index (χ4v) is 1.52. The quantitative estimate of drug-likeness (QED) is 0.539. The first-order valence-corrected chi connectivity index (χ1v) is 6.26. The van der Waals surface area contributed by atoms with Crippen LogP contribution in [0.2, 0.25) is 0 Å². The van der Waals surface area contributed by atoms with Gasteiger partial charge in [0.1, 0.15) is 11.6 Å². The van der Waals surface area contributed by atoms with E-state index in [1.165, 1.54) is 0 Å². The summed E-state index contributed by atoms with van der Waals surface area (Å²) in [6.07, 6.45) is 0. The van der Waals surface area contributed by atoms with Crippen molar-refractivity contribution in [3.63, 3.8) is 0 Å². The first-order chi connectivity index (χ1) is 9.13. The molecular formula is C13H18N2O3S. The predicted molar refractivity (Wildman–Crippen MR) is 76.9 cm³/mol. The number of carbonyl (C=O) groups excluding carboxylic acids is 1. The Balaban J connectivity index is 2.33. The minimum absolute atomic E-state index is 0.0261. The number of ether oxygens (including phenoxy) is 2. The Morgan fingerprint density at radius 2 is 2.21 bits per heavy atom. The average Bonchev–Trinajstić information content (AvgIpc) is 2.41. The Morgan fingerprint density at radius 1 is 1.42 bits per heavy atom. The maximum Gasteiger partial charge on any atom is 0.246 e. The minimum Gasteiger partial charge on any atom is -0.389 e. The Hall–Kier alpha value is -1.50. The van der Waals surface area contributed by atoms with Gasteiger partial charge in [0, 0.05) is 19.2 Å². The van der Waals surface area contributed by atoms with Gasteiger partial charge in [0.05, 0.1) is 13.2 Å². The number of rotatable bonds is 8. The normalized spacial score (nSPS) is 10.2. The molecule has 0 aliphatic carbocycles. The molecule has 0 aromatic heterocycles. The molecule has 0 unspecified atom stereocenters. The van der Waals surface area contributed by atoms with E-state index in [1.54, 1.807) is 7.11 Å². The van der Waals surface area contributed by atoms with Gasteiger partial charge in [0.15, 0.2) is 0 Å². The number of nitrogens with one attached hydrogen (secondary N) is 1. The highest BCUT2D eigenvalue weighted by molar-refractivity contribution is 7.80. The van der Waals surface area contributed by atoms with Crippen molar-refractivity contribution in [1.82, 2.24) is 5.32 Å². The van der Waals surface area contributed by atoms with E-state index in [2.05, 4.69) is 5.32 Å². The number of benzene rings is 1. The van der Waals surface area contributed by atoms with Gasteiger partial charge in [-0.3, -0.25) is 4.79 Å². The summed E-state index contributed by atoms with van der Waals surface area (Å²) in [4.78, 5) is 11.8. The number of amides is 1. The standard InChI is InChI=1S/C13H18N2O3S/c1-17-5-6-18-9-12(16)15-8-10-3-2-4-11(7-10)13(14)19/h2-4,7H,5-6,8-9H2,1H3,(H2,14,19)(H,15,16). The van der Waals surface area contributed by atoms with Crippen molar-refractivity contribution in [1.29, 1.82) is 0 Å². The van der Waals surface area contributed by atoms with Gasteiger partial charge in [0.2, 0.25) is 5.91 Å². The lowest BCUT2D eigenvalue weighted by Crippen LogP contribution is -2.27. The monoisotopic (exact) mass is 282 g/mol. The van der Waals surface area contributed by atoms with Gasteiger partial charge in [-0.05, 0) is 11.6 Å². The third kappa shape index (κ3) is 6.28. The van der Waals surface area contributed by atoms with Gasteiger partial charge in [-0.15, -0.1) is 0 Å². The molecule has 0 aliphatic heterocycles. The van der Waals surface area contributed by atoms with Gasteiger partial charge in [-0.25, -0.2) is 0 Å². The van der Waals surface area contributed by atoms with Crippen LogP contribution >= 0.6 is 12.2 Å². The molecule has 0 bridgehead atoms. The SMILES string of the molecule is COCCOCC(=O)NCc1cccc(C(N)=S)c1. The van der Waals surface area contributed by atoms with Gasteiger partial charge >= 0.3 is 0 Å². The first kappa shape index (κ1) is 15.6. The summed E-state index contributed by atoms with van der Waals surface area (Å²) in [5, 5.41) is 2.75. The van der Waals surface area contributed by atoms with Crippen LogP contribution in [-0.4, -0.2) is 37.8 Å². The van der Waals surface area contributed by atoms with Crippen LogP contribution in [0.15, 0.2) is 24.3 Å². The Labute approximate surface area is 118 Å². The number of thiocarbonyl (C=S) groups is 1. The van der Waals surface area contributed by atoms with E-state index in [0.29, 0.717) is 24.7 Å². The zero-order valence-electron chi connectivity index (χ0n) is 10.8. The smallest absolute Gasteiger partial charge is 0.246 e. The molecule has 0 saturated heterocycles. The van der Waals surface area contributed by atoms with Crippen LogP contribution in [0.3, 0.4) is 0 Å². The van der Waals surface area contributed by atoms with Crippen LogP contribution in [-0.2, 0) is 20.8 Å². The number of nitrogens with two attached hydrogens (primary N) is 1. The largest absolute Gasteiger partial charge is 0.389 e. The molecule has 1 aromatic carbocycles. The van der Waals surface area contributed by atoms with E-state index in [9.17, 15) is 4.79 Å². The van der Waals surface area contributed by atoms with Crippen molar-refractivity contribution in [3.8, 4) is 0 Å². The summed E-state index contributed by atoms with van der Waals surface area (Å²) in [6.45, 7) is 1.32. The molecule has 0 aliphatic rings. The Bertz CT molecular complexity index is 438. The molecule has 104 valence electrons. The van der Waals surface area contributed by atoms with Crippen LogP contribution in [0, 0.1) is 0 Å². The highest BCUT2D eigenvalue weighted by atomic mass is 32.1. The van der Waals surface area contributed by atoms with E-state index >= 15 is 0 Å². The van der Waals surface area contributed by atoms with E-state index in [-0.39, 0.29) is 12.5 Å². The van der Waals surface area contributed by atoms with E-state index in [4.69, 9.17) is 27.4 Å². The Kier molecular flexibility index (Phi) is 7.02. The van der Waals surface area contributed by atoms with E-state index in [0.717, 1.165) is 11.1 Å². The lowest BCUT2D eigenvalue weighted by Gasteiger charge is -2.07. The summed E-state index contributed by atoms with van der Waals surface area (Å²) in [6, 6.07) is 7.44. The van der Waals surface area contributed by atoms with Crippen LogP contribution in [0.1, 0.15) is 11.1 Å². The molecule has 0 saturated carbocycles. The molecule has 0 radical (unpaired) electrons. The molecular weight excluding hydrogens is 264 g/mol. The van der Waals surface area contributed by atoms with Crippen molar-refractivity contribution in [3.05, 3.63) is 35.4 Å². The van der Waals surface area contributed by atoms with E-state index < -0.39 is 0 Å². The summed E-state index contributed by atoms with van der Waals surface area (Å²) in [7, 11) is 1.58. The van der Waals surface area contributed by atoms with Gasteiger partial charge in [0.25, 0.3) is 0 Å². The molecule has 1 amide bonds. The van der Waals surface area contributed by atoms with Gasteiger partial charge < -0.3 is 20.5 Å². The second-order valence-corrected chi connectivity index (χ2v) is 4.33. The number of hydrogen-bond donors (Lipinski definition) is 2. The van der Waals surface area contributed by atoms with Crippen molar-refractivity contribution in [2.45, 2.75) is 6.54 Å². The van der Waals surface area contributed by atoms with Crippen molar-refractivity contribution >= 4 is 23.1 Å². The summed E-state index contributed by atoms with van der Waals surface area (Å²) < 4.78 is 9.92. The van der Waals surface area contributed by atoms with Crippen LogP contribution in [0.4, 0.5) is 0 Å². The van der Waals surface area contributed by atoms with Gasteiger partial charge in [-0.2, -0.15) is 0 Å². The second kappa shape index (κ2) is 8.58. The van der Waals surface area contributed by atoms with Crippen LogP contribution in [0.25, 0.3) is 0 Å². The zero-order valence-corrected chi connectivity index (χ0v) is 11.7. The predicted octanol–water partition coefficient (Wildman–Crippen LogP) is 0.600. The molecule has 1 rings (SSSR count). The number of carbonyl (C=O) groups is 1. The molecule has 0 heterocycles. The van der Waals surface area contributed by atoms with Gasteiger partial charge in [-0.1, -0.05) is 30.4 Å². The molecule has 0 spiro atoms. The highest BCUT2D eigenvalue weighted by Gasteiger charge is 2.03. The molecule has 3 N–H and O–H groups in total. The fraction of sp³-hybridized carbons (Fsp3) is 0.385. The fourth-order valence-electron chi connectivity index (χ4n) is 1.39. The van der Waals surface area contributed by atoms with Crippen molar-refractivity contribution in [2.75, 3.05) is 26.9 Å². The summed E-state index contributed by atoms with van der Waals surface area (Å²) >= 11 is 4.90. The maximum atomic E-state index is 11.5. The Morgan fingerprint density at radius 3 is 2.89 bits per heavy atom.